The first-order valence-electron chi connectivity index (χ1n) is 11.6. The van der Waals surface area contributed by atoms with E-state index in [2.05, 4.69) is 87.6 Å². The molecule has 0 spiro atoms. The predicted molar refractivity (Wildman–Crippen MR) is 136 cm³/mol. The smallest absolute Gasteiger partial charge is 0.223 e. The molecule has 5 rings (SSSR count). The number of aryl methyl sites for hydroxylation is 3. The molecule has 1 aliphatic heterocycles. The van der Waals surface area contributed by atoms with Crippen LogP contribution >= 0.6 is 0 Å². The molecule has 3 heterocycles. The number of hydrogen-bond acceptors (Lipinski definition) is 9. The number of anilines is 3. The Hall–Kier alpha value is -4.27. The van der Waals surface area contributed by atoms with E-state index in [0.29, 0.717) is 23.1 Å². The van der Waals surface area contributed by atoms with E-state index in [1.165, 1.54) is 17.5 Å². The third kappa shape index (κ3) is 4.21. The summed E-state index contributed by atoms with van der Waals surface area (Å²) in [4.78, 5) is 20.4. The van der Waals surface area contributed by atoms with Crippen LogP contribution in [-0.4, -0.2) is 32.3 Å². The minimum atomic E-state index is -0.230. The Kier molecular flexibility index (Phi) is 5.90. The molecule has 178 valence electrons. The first-order chi connectivity index (χ1) is 17.0. The molecular weight excluding hydrogens is 440 g/mol. The van der Waals surface area contributed by atoms with Crippen molar-refractivity contribution in [3.8, 4) is 11.4 Å². The van der Waals surface area contributed by atoms with Gasteiger partial charge in [-0.3, -0.25) is 4.99 Å². The summed E-state index contributed by atoms with van der Waals surface area (Å²) in [6, 6.07) is 14.4. The van der Waals surface area contributed by atoms with Crippen LogP contribution in [-0.2, 0) is 0 Å². The van der Waals surface area contributed by atoms with Crippen LogP contribution in [0.5, 0.6) is 0 Å². The van der Waals surface area contributed by atoms with Gasteiger partial charge in [0.2, 0.25) is 11.7 Å². The molecule has 0 aliphatic carbocycles. The number of rotatable bonds is 6. The highest BCUT2D eigenvalue weighted by molar-refractivity contribution is 5.79. The maximum absolute atomic E-state index is 6.22. The van der Waals surface area contributed by atoms with Crippen molar-refractivity contribution in [1.82, 2.24) is 20.1 Å². The van der Waals surface area contributed by atoms with Crippen LogP contribution in [0.1, 0.15) is 30.4 Å². The second-order valence-electron chi connectivity index (χ2n) is 8.65. The van der Waals surface area contributed by atoms with Gasteiger partial charge in [-0.05, 0) is 43.5 Å². The summed E-state index contributed by atoms with van der Waals surface area (Å²) in [5.41, 5.74) is 10.2. The highest BCUT2D eigenvalue weighted by Gasteiger charge is 2.30. The van der Waals surface area contributed by atoms with Crippen LogP contribution in [0, 0.1) is 20.8 Å². The predicted octanol–water partition coefficient (Wildman–Crippen LogP) is 3.13. The molecule has 0 fully saturated rings. The second-order valence-corrected chi connectivity index (χ2v) is 8.65. The lowest BCUT2D eigenvalue weighted by Crippen LogP contribution is -2.50. The van der Waals surface area contributed by atoms with E-state index >= 15 is 0 Å². The highest BCUT2D eigenvalue weighted by atomic mass is 16.5. The van der Waals surface area contributed by atoms with E-state index in [0.717, 1.165) is 22.7 Å². The molecule has 2 atom stereocenters. The number of nitrogen functional groups attached to an aromatic ring is 1. The minimum absolute atomic E-state index is 0.111. The molecule has 0 bridgehead atoms. The molecule has 0 amide bonds. The zero-order valence-corrected chi connectivity index (χ0v) is 20.2. The number of para-hydroxylation sites is 1. The van der Waals surface area contributed by atoms with E-state index in [9.17, 15) is 0 Å². The lowest BCUT2D eigenvalue weighted by atomic mass is 10.0. The summed E-state index contributed by atoms with van der Waals surface area (Å²) in [6.45, 7) is 8.08. The fraction of sp³-hybridized carbons (Fsp3) is 0.269. The maximum atomic E-state index is 6.22. The SMILES string of the molecule is CCC(Nc1ncnc(N)c1-c1noc(C)n1)[C@@H]1N=c2cccc(C)c2=CN1c1ccccc1C. The monoisotopic (exact) mass is 468 g/mol. The molecule has 0 saturated heterocycles. The van der Waals surface area contributed by atoms with Crippen LogP contribution in [0.2, 0.25) is 0 Å². The standard InChI is InChI=1S/C26H28N8O/c1-5-19(31-24-22(23(27)28-14-29-24)25-30-17(4)35-33-25)26-32-20-11-8-10-15(2)18(20)13-34(26)21-12-7-6-9-16(21)3/h6-14,19,26H,5H2,1-4H3,(H3,27,28,29,31)/t19?,26-/m1/s1. The van der Waals surface area contributed by atoms with Crippen molar-refractivity contribution in [2.75, 3.05) is 16.0 Å². The van der Waals surface area contributed by atoms with Gasteiger partial charge in [0.1, 0.15) is 29.7 Å². The molecule has 9 nitrogen and oxygen atoms in total. The summed E-state index contributed by atoms with van der Waals surface area (Å²) in [7, 11) is 0. The summed E-state index contributed by atoms with van der Waals surface area (Å²) < 4.78 is 5.18. The van der Waals surface area contributed by atoms with Crippen LogP contribution in [0.3, 0.4) is 0 Å². The normalized spacial score (nSPS) is 15.7. The Labute approximate surface area is 203 Å². The fourth-order valence-electron chi connectivity index (χ4n) is 4.41. The summed E-state index contributed by atoms with van der Waals surface area (Å²) in [6.07, 6.45) is 4.18. The molecule has 1 aliphatic rings. The van der Waals surface area contributed by atoms with Crippen molar-refractivity contribution < 1.29 is 4.52 Å². The third-order valence-corrected chi connectivity index (χ3v) is 6.27. The van der Waals surface area contributed by atoms with Gasteiger partial charge in [0.25, 0.3) is 0 Å². The molecule has 2 aromatic carbocycles. The van der Waals surface area contributed by atoms with Gasteiger partial charge in [0.15, 0.2) is 0 Å². The Morgan fingerprint density at radius 3 is 2.60 bits per heavy atom. The number of aromatic nitrogens is 4. The molecule has 3 N–H and O–H groups in total. The minimum Gasteiger partial charge on any atom is -0.383 e. The van der Waals surface area contributed by atoms with Gasteiger partial charge in [-0.1, -0.05) is 42.4 Å². The van der Waals surface area contributed by atoms with Crippen molar-refractivity contribution in [3.63, 3.8) is 0 Å². The molecular formula is C26H28N8O. The van der Waals surface area contributed by atoms with Crippen molar-refractivity contribution in [2.45, 2.75) is 46.3 Å². The molecule has 0 saturated carbocycles. The van der Waals surface area contributed by atoms with Gasteiger partial charge in [-0.25, -0.2) is 9.97 Å². The van der Waals surface area contributed by atoms with Crippen LogP contribution in [0.15, 0.2) is 58.3 Å². The average Bonchev–Trinajstić information content (AvgIpc) is 3.28. The van der Waals surface area contributed by atoms with E-state index < -0.39 is 0 Å². The Balaban J connectivity index is 1.62. The van der Waals surface area contributed by atoms with Gasteiger partial charge in [0.05, 0.1) is 11.4 Å². The zero-order valence-electron chi connectivity index (χ0n) is 20.2. The highest BCUT2D eigenvalue weighted by Crippen LogP contribution is 2.31. The Morgan fingerprint density at radius 1 is 1.06 bits per heavy atom. The number of hydrogen-bond donors (Lipinski definition) is 2. The number of nitrogens with two attached hydrogens (primary N) is 1. The Morgan fingerprint density at radius 2 is 1.86 bits per heavy atom. The maximum Gasteiger partial charge on any atom is 0.223 e. The molecule has 1 unspecified atom stereocenters. The van der Waals surface area contributed by atoms with Gasteiger partial charge in [0, 0.05) is 24.0 Å². The van der Waals surface area contributed by atoms with Crippen LogP contribution in [0.25, 0.3) is 17.6 Å². The van der Waals surface area contributed by atoms with Crippen molar-refractivity contribution in [1.29, 1.82) is 0 Å². The zero-order chi connectivity index (χ0) is 24.5. The van der Waals surface area contributed by atoms with Crippen molar-refractivity contribution >= 4 is 23.5 Å². The van der Waals surface area contributed by atoms with Gasteiger partial charge >= 0.3 is 0 Å². The first kappa shape index (κ1) is 22.5. The quantitative estimate of drug-likeness (QED) is 0.443. The molecule has 2 aromatic heterocycles. The summed E-state index contributed by atoms with van der Waals surface area (Å²) in [5.74, 6) is 1.61. The van der Waals surface area contributed by atoms with Crippen LogP contribution in [0.4, 0.5) is 17.3 Å². The number of nitrogens with one attached hydrogen (secondary N) is 1. The number of benzene rings is 2. The summed E-state index contributed by atoms with van der Waals surface area (Å²) >= 11 is 0. The van der Waals surface area contributed by atoms with E-state index in [1.54, 1.807) is 6.92 Å². The lowest BCUT2D eigenvalue weighted by molar-refractivity contribution is 0.394. The van der Waals surface area contributed by atoms with Crippen LogP contribution < -0.4 is 26.5 Å². The number of nitrogens with zero attached hydrogens (tertiary/aromatic N) is 6. The Bertz CT molecular complexity index is 1500. The largest absolute Gasteiger partial charge is 0.383 e. The van der Waals surface area contributed by atoms with Gasteiger partial charge in [-0.15, -0.1) is 0 Å². The van der Waals surface area contributed by atoms with Gasteiger partial charge in [-0.2, -0.15) is 4.98 Å². The third-order valence-electron chi connectivity index (χ3n) is 6.27. The summed E-state index contributed by atoms with van der Waals surface area (Å²) in [5, 5.41) is 9.70. The first-order valence-corrected chi connectivity index (χ1v) is 11.6. The van der Waals surface area contributed by atoms with E-state index in [-0.39, 0.29) is 18.0 Å². The van der Waals surface area contributed by atoms with Crippen molar-refractivity contribution in [3.05, 3.63) is 76.4 Å². The fourth-order valence-corrected chi connectivity index (χ4v) is 4.41. The second kappa shape index (κ2) is 9.17. The molecule has 9 heteroatoms. The van der Waals surface area contributed by atoms with Gasteiger partial charge < -0.3 is 20.5 Å². The molecule has 0 radical (unpaired) electrons. The molecule has 35 heavy (non-hydrogen) atoms. The average molecular weight is 469 g/mol. The van der Waals surface area contributed by atoms with E-state index in [4.69, 9.17) is 15.2 Å². The van der Waals surface area contributed by atoms with Crippen molar-refractivity contribution in [2.24, 2.45) is 4.99 Å². The number of fused-ring (bicyclic) bond motifs is 1. The van der Waals surface area contributed by atoms with E-state index in [1.807, 2.05) is 12.1 Å². The topological polar surface area (TPSA) is 118 Å². The molecule has 4 aromatic rings. The lowest BCUT2D eigenvalue weighted by Gasteiger charge is -2.36.